The Bertz CT molecular complexity index is 1210. The number of carbonyl (C=O) groups is 1. The lowest BCUT2D eigenvalue weighted by Crippen LogP contribution is -2.42. The number of rotatable bonds is 7. The van der Waals surface area contributed by atoms with Crippen LogP contribution in [0.15, 0.2) is 41.6 Å². The van der Waals surface area contributed by atoms with Crippen LogP contribution in [0.25, 0.3) is 11.2 Å². The van der Waals surface area contributed by atoms with Crippen LogP contribution in [0, 0.1) is 0 Å². The van der Waals surface area contributed by atoms with Gasteiger partial charge in [-0.05, 0) is 43.0 Å². The molecule has 3 aromatic rings. The molecule has 36 heavy (non-hydrogen) atoms. The van der Waals surface area contributed by atoms with Crippen LogP contribution >= 0.6 is 23.4 Å². The van der Waals surface area contributed by atoms with Crippen LogP contribution in [0.5, 0.6) is 0 Å². The average Bonchev–Trinajstić information content (AvgIpc) is 3.42. The summed E-state index contributed by atoms with van der Waals surface area (Å²) >= 11 is 8.19. The zero-order chi connectivity index (χ0) is 25.2. The lowest BCUT2D eigenvalue weighted by Gasteiger charge is -2.32. The van der Waals surface area contributed by atoms with E-state index in [1.807, 2.05) is 17.8 Å². The summed E-state index contributed by atoms with van der Waals surface area (Å²) in [6, 6.07) is 9.38. The number of piperidine rings is 1. The maximum atomic E-state index is 11.8. The molecular weight excluding hydrogens is 502 g/mol. The fourth-order valence-electron chi connectivity index (χ4n) is 4.87. The fourth-order valence-corrected chi connectivity index (χ4v) is 6.18. The summed E-state index contributed by atoms with van der Waals surface area (Å²) in [6.45, 7) is 3.44. The van der Waals surface area contributed by atoms with Crippen LogP contribution in [0.2, 0.25) is 5.28 Å². The number of aliphatic hydroxyl groups excluding tert-OH is 2. The van der Waals surface area contributed by atoms with Gasteiger partial charge in [-0.25, -0.2) is 9.99 Å². The molecule has 0 spiro atoms. The van der Waals surface area contributed by atoms with Crippen molar-refractivity contribution >= 4 is 46.3 Å². The van der Waals surface area contributed by atoms with Crippen molar-refractivity contribution in [2.75, 3.05) is 18.5 Å². The first-order valence-corrected chi connectivity index (χ1v) is 13.5. The van der Waals surface area contributed by atoms with Gasteiger partial charge in [0.05, 0.1) is 18.4 Å². The Morgan fingerprint density at radius 3 is 2.64 bits per heavy atom. The zero-order valence-corrected chi connectivity index (χ0v) is 21.5. The highest BCUT2D eigenvalue weighted by Gasteiger charge is 2.43. The van der Waals surface area contributed by atoms with Crippen LogP contribution in [0.4, 0.5) is 5.82 Å². The third-order valence-corrected chi connectivity index (χ3v) is 8.34. The number of imidazole rings is 1. The lowest BCUT2D eigenvalue weighted by molar-refractivity contribution is -0.122. The molecule has 1 amide bonds. The molecule has 10 nitrogen and oxygen atoms in total. The quantitative estimate of drug-likeness (QED) is 0.340. The molecule has 2 aliphatic rings. The predicted molar refractivity (Wildman–Crippen MR) is 139 cm³/mol. The number of halogens is 1. The van der Waals surface area contributed by atoms with E-state index >= 15 is 0 Å². The standard InChI is InChI=1S/C24H30ClN7O3S/c1-2-18(33)27-16-12-17(21(35)20(16)34)32-13-26-19-22(28-24(25)29-23(19)32)30-31-10-8-15(9-11-31)36-14-6-4-3-5-7-14/h3-7,13,15-17,20-21,34-35H,2,8-12H2,1H3,(H,27,33)(H,28,29,30)/t16-,17+,20+,21-/m0/s1. The SMILES string of the molecule is CCC(=O)N[C@H]1C[C@@H](n2cnc3c(NN4CCC(Sc5ccccc5)CC4)nc(Cl)nc32)[C@H](O)[C@@H]1O. The monoisotopic (exact) mass is 531 g/mol. The molecule has 12 heteroatoms. The van der Waals surface area contributed by atoms with Crippen LogP contribution < -0.4 is 10.7 Å². The number of benzene rings is 1. The minimum atomic E-state index is -1.09. The number of nitrogens with one attached hydrogen (secondary N) is 2. The van der Waals surface area contributed by atoms with E-state index in [9.17, 15) is 15.0 Å². The van der Waals surface area contributed by atoms with Gasteiger partial charge in [0.25, 0.3) is 0 Å². The molecule has 0 bridgehead atoms. The number of thioether (sulfide) groups is 1. The zero-order valence-electron chi connectivity index (χ0n) is 19.9. The molecule has 0 unspecified atom stereocenters. The summed E-state index contributed by atoms with van der Waals surface area (Å²) in [5, 5.41) is 26.7. The van der Waals surface area contributed by atoms with Crippen molar-refractivity contribution in [2.24, 2.45) is 0 Å². The van der Waals surface area contributed by atoms with Crippen LogP contribution in [0.1, 0.15) is 38.6 Å². The van der Waals surface area contributed by atoms with Gasteiger partial charge in [0.1, 0.15) is 12.2 Å². The molecule has 0 radical (unpaired) electrons. The number of hydrogen-bond acceptors (Lipinski definition) is 9. The van der Waals surface area contributed by atoms with E-state index in [4.69, 9.17) is 11.6 Å². The molecule has 1 saturated heterocycles. The van der Waals surface area contributed by atoms with E-state index in [0.717, 1.165) is 25.9 Å². The van der Waals surface area contributed by atoms with Gasteiger partial charge < -0.3 is 25.5 Å². The van der Waals surface area contributed by atoms with Gasteiger partial charge in [-0.1, -0.05) is 25.1 Å². The lowest BCUT2D eigenvalue weighted by atomic mass is 10.1. The molecule has 5 rings (SSSR count). The summed E-state index contributed by atoms with van der Waals surface area (Å²) in [4.78, 5) is 26.4. The normalized spacial score (nSPS) is 25.3. The number of amides is 1. The van der Waals surface area contributed by atoms with Gasteiger partial charge in [-0.3, -0.25) is 4.79 Å². The molecule has 1 aliphatic carbocycles. The van der Waals surface area contributed by atoms with Crippen LogP contribution in [-0.4, -0.2) is 77.2 Å². The second kappa shape index (κ2) is 10.9. The van der Waals surface area contributed by atoms with Crippen molar-refractivity contribution in [2.45, 2.75) is 67.0 Å². The Hall–Kier alpha value is -2.44. The average molecular weight is 532 g/mol. The maximum absolute atomic E-state index is 11.8. The first-order valence-electron chi connectivity index (χ1n) is 12.2. The third kappa shape index (κ3) is 5.30. The van der Waals surface area contributed by atoms with Crippen molar-refractivity contribution in [1.82, 2.24) is 29.8 Å². The van der Waals surface area contributed by atoms with E-state index < -0.39 is 24.3 Å². The van der Waals surface area contributed by atoms with Crippen molar-refractivity contribution in [3.8, 4) is 0 Å². The van der Waals surface area contributed by atoms with Gasteiger partial charge in [0, 0.05) is 29.7 Å². The van der Waals surface area contributed by atoms with E-state index in [0.29, 0.717) is 35.1 Å². The smallest absolute Gasteiger partial charge is 0.226 e. The minimum absolute atomic E-state index is 0.0603. The van der Waals surface area contributed by atoms with Crippen LogP contribution in [0.3, 0.4) is 0 Å². The summed E-state index contributed by atoms with van der Waals surface area (Å²) < 4.78 is 1.71. The predicted octanol–water partition coefficient (Wildman–Crippen LogP) is 2.62. The first-order chi connectivity index (χ1) is 17.4. The summed E-state index contributed by atoms with van der Waals surface area (Å²) in [5.74, 6) is 0.326. The minimum Gasteiger partial charge on any atom is -0.388 e. The Kier molecular flexibility index (Phi) is 7.63. The highest BCUT2D eigenvalue weighted by atomic mass is 35.5. The number of carbonyl (C=O) groups excluding carboxylic acids is 1. The van der Waals surface area contributed by atoms with Crippen molar-refractivity contribution in [3.05, 3.63) is 41.9 Å². The maximum Gasteiger partial charge on any atom is 0.226 e. The molecule has 2 fully saturated rings. The van der Waals surface area contributed by atoms with Gasteiger partial charge in [0.2, 0.25) is 11.2 Å². The second-order valence-electron chi connectivity index (χ2n) is 9.21. The molecule has 192 valence electrons. The Morgan fingerprint density at radius 1 is 1.17 bits per heavy atom. The number of hydrogen-bond donors (Lipinski definition) is 4. The Balaban J connectivity index is 1.29. The van der Waals surface area contributed by atoms with Crippen LogP contribution in [-0.2, 0) is 4.79 Å². The van der Waals surface area contributed by atoms with Gasteiger partial charge in [-0.2, -0.15) is 9.97 Å². The molecule has 3 heterocycles. The Morgan fingerprint density at radius 2 is 1.92 bits per heavy atom. The molecule has 1 aromatic carbocycles. The fraction of sp³-hybridized carbons (Fsp3) is 0.500. The number of nitrogens with zero attached hydrogens (tertiary/aromatic N) is 5. The van der Waals surface area contributed by atoms with E-state index in [-0.39, 0.29) is 11.2 Å². The molecule has 4 N–H and O–H groups in total. The number of hydrazine groups is 1. The third-order valence-electron chi connectivity index (χ3n) is 6.82. The summed E-state index contributed by atoms with van der Waals surface area (Å²) in [7, 11) is 0. The number of aromatic nitrogens is 4. The Labute approximate surface area is 218 Å². The van der Waals surface area contributed by atoms with Crippen molar-refractivity contribution in [1.29, 1.82) is 0 Å². The molecule has 1 saturated carbocycles. The van der Waals surface area contributed by atoms with Crippen molar-refractivity contribution in [3.63, 3.8) is 0 Å². The molecule has 4 atom stereocenters. The van der Waals surface area contributed by atoms with Crippen molar-refractivity contribution < 1.29 is 15.0 Å². The first kappa shape index (κ1) is 25.2. The number of aliphatic hydroxyl groups is 2. The van der Waals surface area contributed by atoms with Gasteiger partial charge in [-0.15, -0.1) is 11.8 Å². The van der Waals surface area contributed by atoms with E-state index in [2.05, 4.69) is 55.0 Å². The van der Waals surface area contributed by atoms with E-state index in [1.54, 1.807) is 17.8 Å². The largest absolute Gasteiger partial charge is 0.388 e. The number of anilines is 1. The van der Waals surface area contributed by atoms with Gasteiger partial charge >= 0.3 is 0 Å². The molecular formula is C24H30ClN7O3S. The van der Waals surface area contributed by atoms with Gasteiger partial charge in [0.15, 0.2) is 17.0 Å². The second-order valence-corrected chi connectivity index (χ2v) is 10.9. The molecule has 1 aliphatic heterocycles. The number of fused-ring (bicyclic) bond motifs is 1. The summed E-state index contributed by atoms with van der Waals surface area (Å²) in [5.41, 5.74) is 4.35. The topological polar surface area (TPSA) is 128 Å². The summed E-state index contributed by atoms with van der Waals surface area (Å²) in [6.07, 6.45) is 2.10. The molecule has 2 aromatic heterocycles. The highest BCUT2D eigenvalue weighted by Crippen LogP contribution is 2.35. The highest BCUT2D eigenvalue weighted by molar-refractivity contribution is 8.00. The van der Waals surface area contributed by atoms with E-state index in [1.165, 1.54) is 4.90 Å².